The zero-order chi connectivity index (χ0) is 26.9. The van der Waals surface area contributed by atoms with Crippen LogP contribution in [0.4, 0.5) is 11.4 Å². The molecule has 0 spiro atoms. The number of halogens is 1. The van der Waals surface area contributed by atoms with Crippen molar-refractivity contribution < 1.29 is 32.1 Å². The van der Waals surface area contributed by atoms with Crippen LogP contribution in [0, 0.1) is 17.0 Å². The highest BCUT2D eigenvalue weighted by atomic mass is 35.5. The Bertz CT molecular complexity index is 1660. The van der Waals surface area contributed by atoms with E-state index in [1.165, 1.54) is 42.5 Å². The first kappa shape index (κ1) is 25.9. The molecule has 0 aliphatic heterocycles. The van der Waals surface area contributed by atoms with Gasteiger partial charge in [-0.1, -0.05) is 29.8 Å². The van der Waals surface area contributed by atoms with Crippen LogP contribution in [-0.4, -0.2) is 31.8 Å². The van der Waals surface area contributed by atoms with Gasteiger partial charge in [-0.05, 0) is 50.2 Å². The minimum Gasteiger partial charge on any atom is -0.462 e. The number of rotatable bonds is 7. The van der Waals surface area contributed by atoms with E-state index in [0.29, 0.717) is 4.31 Å². The summed E-state index contributed by atoms with van der Waals surface area (Å²) in [5, 5.41) is 11.5. The Hall–Kier alpha value is -4.22. The van der Waals surface area contributed by atoms with Crippen LogP contribution in [-0.2, 0) is 14.8 Å². The van der Waals surface area contributed by atoms with Crippen LogP contribution in [0.5, 0.6) is 0 Å². The molecule has 0 N–H and O–H groups in total. The largest absolute Gasteiger partial charge is 0.462 e. The van der Waals surface area contributed by atoms with Gasteiger partial charge in [-0.2, -0.15) is 4.31 Å². The molecular formula is C25H19ClN2O8S. The lowest BCUT2D eigenvalue weighted by Gasteiger charge is -2.23. The molecule has 0 aliphatic carbocycles. The lowest BCUT2D eigenvalue weighted by atomic mass is 10.1. The number of carbonyl (C=O) groups excluding carboxylic acids is 2. The van der Waals surface area contributed by atoms with Gasteiger partial charge in [0.05, 0.1) is 32.7 Å². The number of ether oxygens (including phenoxy) is 1. The van der Waals surface area contributed by atoms with Crippen LogP contribution in [0.15, 0.2) is 76.0 Å². The second kappa shape index (κ2) is 10.0. The molecule has 4 aromatic rings. The van der Waals surface area contributed by atoms with E-state index in [2.05, 4.69) is 0 Å². The smallest absolute Gasteiger partial charge is 0.342 e. The van der Waals surface area contributed by atoms with Gasteiger partial charge in [0.2, 0.25) is 0 Å². The highest BCUT2D eigenvalue weighted by Gasteiger charge is 2.34. The summed E-state index contributed by atoms with van der Waals surface area (Å²) in [6.07, 6.45) is 0. The van der Waals surface area contributed by atoms with Gasteiger partial charge in [0.1, 0.15) is 16.9 Å². The summed E-state index contributed by atoms with van der Waals surface area (Å²) in [5.74, 6) is -1.44. The van der Waals surface area contributed by atoms with Crippen molar-refractivity contribution in [3.63, 3.8) is 0 Å². The number of nitro benzene ring substituents is 1. The molecule has 0 aliphatic rings. The Morgan fingerprint density at radius 1 is 1.08 bits per heavy atom. The average molecular weight is 543 g/mol. The molecule has 0 saturated carbocycles. The molecule has 0 radical (unpaired) electrons. The predicted octanol–water partition coefficient (Wildman–Crippen LogP) is 5.52. The van der Waals surface area contributed by atoms with Crippen molar-refractivity contribution in [2.24, 2.45) is 0 Å². The van der Waals surface area contributed by atoms with Crippen LogP contribution in [0.1, 0.15) is 33.4 Å². The number of nitro groups is 1. The van der Waals surface area contributed by atoms with Gasteiger partial charge >= 0.3 is 5.97 Å². The third kappa shape index (κ3) is 4.78. The molecule has 3 aromatic carbocycles. The summed E-state index contributed by atoms with van der Waals surface area (Å²) in [6.45, 7) is 3.29. The summed E-state index contributed by atoms with van der Waals surface area (Å²) in [5.41, 5.74) is -0.391. The highest BCUT2D eigenvalue weighted by molar-refractivity contribution is 7.93. The van der Waals surface area contributed by atoms with Gasteiger partial charge < -0.3 is 9.15 Å². The molecule has 1 aromatic heterocycles. The SMILES string of the molecule is CCOC(=O)c1c(C)oc2ccc(N(C(=O)c3ccccc3Cl)S(=O)(=O)c3cccc([N+](=O)[O-])c3)cc12. The second-order valence-electron chi connectivity index (χ2n) is 7.74. The first-order valence-corrected chi connectivity index (χ1v) is 12.7. The standard InChI is InChI=1S/C25H19ClN2O8S/c1-3-35-25(30)23-15(2)36-22-12-11-16(14-20(22)23)27(24(29)19-9-4-5-10-21(19)26)37(33,34)18-8-6-7-17(13-18)28(31)32/h4-14H,3H2,1-2H3. The number of amides is 1. The summed E-state index contributed by atoms with van der Waals surface area (Å²) in [7, 11) is -4.71. The van der Waals surface area contributed by atoms with E-state index in [1.54, 1.807) is 19.9 Å². The lowest BCUT2D eigenvalue weighted by Crippen LogP contribution is -2.37. The molecule has 37 heavy (non-hydrogen) atoms. The van der Waals surface area contributed by atoms with Crippen LogP contribution in [0.25, 0.3) is 11.0 Å². The van der Waals surface area contributed by atoms with Crippen molar-refractivity contribution >= 4 is 55.8 Å². The number of benzene rings is 3. The summed E-state index contributed by atoms with van der Waals surface area (Å²) in [6, 6.07) is 14.2. The van der Waals surface area contributed by atoms with Crippen LogP contribution >= 0.6 is 11.6 Å². The number of non-ortho nitro benzene ring substituents is 1. The van der Waals surface area contributed by atoms with Gasteiger partial charge in [0.25, 0.3) is 21.6 Å². The quantitative estimate of drug-likeness (QED) is 0.169. The van der Waals surface area contributed by atoms with Crippen molar-refractivity contribution in [3.8, 4) is 0 Å². The van der Waals surface area contributed by atoms with Crippen LogP contribution in [0.3, 0.4) is 0 Å². The molecule has 10 nitrogen and oxygen atoms in total. The van der Waals surface area contributed by atoms with E-state index in [4.69, 9.17) is 20.8 Å². The average Bonchev–Trinajstić information content (AvgIpc) is 3.19. The number of sulfonamides is 1. The minimum absolute atomic E-state index is 0.000751. The highest BCUT2D eigenvalue weighted by Crippen LogP contribution is 2.34. The number of nitrogens with zero attached hydrogens (tertiary/aromatic N) is 2. The Kier molecular flexibility index (Phi) is 7.01. The maximum atomic E-state index is 13.8. The monoisotopic (exact) mass is 542 g/mol. The molecule has 4 rings (SSSR count). The molecule has 1 amide bonds. The molecular weight excluding hydrogens is 524 g/mol. The summed E-state index contributed by atoms with van der Waals surface area (Å²) >= 11 is 6.21. The van der Waals surface area contributed by atoms with Gasteiger partial charge in [-0.3, -0.25) is 14.9 Å². The first-order chi connectivity index (χ1) is 17.6. The van der Waals surface area contributed by atoms with E-state index < -0.39 is 37.4 Å². The fourth-order valence-corrected chi connectivity index (χ4v) is 5.42. The Labute approximate surface area is 216 Å². The van der Waals surface area contributed by atoms with Crippen LogP contribution < -0.4 is 4.31 Å². The van der Waals surface area contributed by atoms with E-state index in [9.17, 15) is 28.1 Å². The van der Waals surface area contributed by atoms with Crippen molar-refractivity contribution in [2.45, 2.75) is 18.7 Å². The van der Waals surface area contributed by atoms with Gasteiger partial charge in [0.15, 0.2) is 0 Å². The fraction of sp³-hybridized carbons (Fsp3) is 0.120. The number of esters is 1. The van der Waals surface area contributed by atoms with Crippen molar-refractivity contribution in [2.75, 3.05) is 10.9 Å². The third-order valence-corrected chi connectivity index (χ3v) is 7.45. The number of carbonyl (C=O) groups is 2. The topological polar surface area (TPSA) is 137 Å². The zero-order valence-corrected chi connectivity index (χ0v) is 21.1. The number of fused-ring (bicyclic) bond motifs is 1. The molecule has 0 unspecified atom stereocenters. The van der Waals surface area contributed by atoms with E-state index in [1.807, 2.05) is 0 Å². The number of aryl methyl sites for hydroxylation is 1. The lowest BCUT2D eigenvalue weighted by molar-refractivity contribution is -0.385. The molecule has 1 heterocycles. The van der Waals surface area contributed by atoms with Gasteiger partial charge in [0, 0.05) is 17.5 Å². The number of hydrogen-bond acceptors (Lipinski definition) is 8. The minimum atomic E-state index is -4.71. The molecule has 190 valence electrons. The predicted molar refractivity (Wildman–Crippen MR) is 135 cm³/mol. The third-order valence-electron chi connectivity index (χ3n) is 5.42. The molecule has 0 atom stereocenters. The van der Waals surface area contributed by atoms with E-state index in [-0.39, 0.29) is 45.2 Å². The summed E-state index contributed by atoms with van der Waals surface area (Å²) < 4.78 is 38.9. The van der Waals surface area contributed by atoms with Gasteiger partial charge in [-0.25, -0.2) is 13.2 Å². The Morgan fingerprint density at radius 3 is 2.49 bits per heavy atom. The number of anilines is 1. The molecule has 0 saturated heterocycles. The number of hydrogen-bond donors (Lipinski definition) is 0. The Balaban J connectivity index is 1.97. The maximum Gasteiger partial charge on any atom is 0.342 e. The first-order valence-electron chi connectivity index (χ1n) is 10.8. The summed E-state index contributed by atoms with van der Waals surface area (Å²) in [4.78, 5) is 36.3. The Morgan fingerprint density at radius 2 is 1.81 bits per heavy atom. The van der Waals surface area contributed by atoms with Crippen LogP contribution in [0.2, 0.25) is 5.02 Å². The van der Waals surface area contributed by atoms with E-state index in [0.717, 1.165) is 18.2 Å². The molecule has 0 bridgehead atoms. The van der Waals surface area contributed by atoms with Gasteiger partial charge in [-0.15, -0.1) is 0 Å². The van der Waals surface area contributed by atoms with Crippen molar-refractivity contribution in [1.82, 2.24) is 0 Å². The second-order valence-corrected chi connectivity index (χ2v) is 9.94. The van der Waals surface area contributed by atoms with Crippen molar-refractivity contribution in [3.05, 3.63) is 98.8 Å². The van der Waals surface area contributed by atoms with Crippen molar-refractivity contribution in [1.29, 1.82) is 0 Å². The van der Waals surface area contributed by atoms with E-state index >= 15 is 0 Å². The molecule has 0 fully saturated rings. The molecule has 12 heteroatoms. The normalized spacial score (nSPS) is 11.3. The number of furan rings is 1. The maximum absolute atomic E-state index is 13.8. The fourth-order valence-electron chi connectivity index (χ4n) is 3.76. The zero-order valence-electron chi connectivity index (χ0n) is 19.5.